The van der Waals surface area contributed by atoms with Crippen LogP contribution in [0.3, 0.4) is 0 Å². The molecule has 0 bridgehead atoms. The first-order valence-electron chi connectivity index (χ1n) is 8.23. The third-order valence-corrected chi connectivity index (χ3v) is 5.42. The molecule has 4 rings (SSSR count). The van der Waals surface area contributed by atoms with E-state index in [0.29, 0.717) is 22.4 Å². The number of hydrogen-bond donors (Lipinski definition) is 2. The summed E-state index contributed by atoms with van der Waals surface area (Å²) in [6, 6.07) is 5.33. The monoisotopic (exact) mass is 299 g/mol. The summed E-state index contributed by atoms with van der Waals surface area (Å²) in [5.41, 5.74) is 7.02. The molecular formula is C18H22FN3. The maximum atomic E-state index is 13.9. The largest absolute Gasteiger partial charge is 0.399 e. The summed E-state index contributed by atoms with van der Waals surface area (Å²) in [7, 11) is 0. The molecule has 0 radical (unpaired) electrons. The van der Waals surface area contributed by atoms with Crippen LogP contribution in [0.1, 0.15) is 38.5 Å². The van der Waals surface area contributed by atoms with Gasteiger partial charge < -0.3 is 11.1 Å². The SMILES string of the molecule is Nc1ccc2c(NCC3CCCC4(CC4)C3)ncc(F)c2c1. The van der Waals surface area contributed by atoms with Gasteiger partial charge in [-0.3, -0.25) is 0 Å². The number of nitrogens with zero attached hydrogens (tertiary/aromatic N) is 1. The number of nitrogens with two attached hydrogens (primary N) is 1. The summed E-state index contributed by atoms with van der Waals surface area (Å²) < 4.78 is 13.9. The van der Waals surface area contributed by atoms with Gasteiger partial charge in [0.15, 0.2) is 0 Å². The van der Waals surface area contributed by atoms with Crippen molar-refractivity contribution in [1.82, 2.24) is 4.98 Å². The first kappa shape index (κ1) is 13.8. The number of nitrogen functional groups attached to an aromatic ring is 1. The third-order valence-electron chi connectivity index (χ3n) is 5.42. The molecule has 1 aromatic carbocycles. The molecule has 1 aromatic heterocycles. The lowest BCUT2D eigenvalue weighted by Crippen LogP contribution is -2.23. The molecule has 2 aliphatic carbocycles. The van der Waals surface area contributed by atoms with Crippen molar-refractivity contribution in [3.05, 3.63) is 30.2 Å². The lowest BCUT2D eigenvalue weighted by atomic mass is 9.79. The molecule has 2 saturated carbocycles. The predicted octanol–water partition coefficient (Wildman–Crippen LogP) is 4.34. The van der Waals surface area contributed by atoms with Gasteiger partial charge in [0, 0.05) is 23.0 Å². The molecule has 0 saturated heterocycles. The topological polar surface area (TPSA) is 50.9 Å². The van der Waals surface area contributed by atoms with Gasteiger partial charge in [0.05, 0.1) is 6.20 Å². The molecule has 116 valence electrons. The van der Waals surface area contributed by atoms with Gasteiger partial charge in [-0.05, 0) is 61.6 Å². The number of fused-ring (bicyclic) bond motifs is 1. The van der Waals surface area contributed by atoms with Crippen molar-refractivity contribution in [2.24, 2.45) is 11.3 Å². The van der Waals surface area contributed by atoms with E-state index in [4.69, 9.17) is 5.73 Å². The molecule has 1 unspecified atom stereocenters. The Hall–Kier alpha value is -1.84. The Bertz CT molecular complexity index is 709. The van der Waals surface area contributed by atoms with Crippen LogP contribution in [0.15, 0.2) is 24.4 Å². The molecule has 3 N–H and O–H groups in total. The van der Waals surface area contributed by atoms with Crippen molar-refractivity contribution >= 4 is 22.3 Å². The zero-order valence-electron chi connectivity index (χ0n) is 12.7. The number of pyridine rings is 1. The Balaban J connectivity index is 1.53. The minimum atomic E-state index is -0.317. The van der Waals surface area contributed by atoms with Crippen molar-refractivity contribution in [3.63, 3.8) is 0 Å². The smallest absolute Gasteiger partial charge is 0.149 e. The molecule has 1 atom stereocenters. The van der Waals surface area contributed by atoms with E-state index in [1.54, 1.807) is 12.1 Å². The number of benzene rings is 1. The zero-order valence-corrected chi connectivity index (χ0v) is 12.7. The minimum absolute atomic E-state index is 0.317. The van der Waals surface area contributed by atoms with Crippen LogP contribution in [0.2, 0.25) is 0 Å². The number of rotatable bonds is 3. The second-order valence-electron chi connectivity index (χ2n) is 7.10. The lowest BCUT2D eigenvalue weighted by Gasteiger charge is -2.29. The van der Waals surface area contributed by atoms with Gasteiger partial charge in [0.1, 0.15) is 11.6 Å². The predicted molar refractivity (Wildman–Crippen MR) is 88.2 cm³/mol. The second-order valence-corrected chi connectivity index (χ2v) is 7.10. The summed E-state index contributed by atoms with van der Waals surface area (Å²) in [6.07, 6.45) is 9.52. The van der Waals surface area contributed by atoms with Crippen LogP contribution in [-0.4, -0.2) is 11.5 Å². The number of nitrogens with one attached hydrogen (secondary N) is 1. The highest BCUT2D eigenvalue weighted by atomic mass is 19.1. The maximum absolute atomic E-state index is 13.9. The van der Waals surface area contributed by atoms with Crippen LogP contribution in [0.5, 0.6) is 0 Å². The van der Waals surface area contributed by atoms with E-state index in [2.05, 4.69) is 10.3 Å². The van der Waals surface area contributed by atoms with Crippen LogP contribution in [0, 0.1) is 17.2 Å². The highest BCUT2D eigenvalue weighted by molar-refractivity contribution is 5.94. The normalized spacial score (nSPS) is 22.9. The maximum Gasteiger partial charge on any atom is 0.149 e. The van der Waals surface area contributed by atoms with Crippen LogP contribution in [-0.2, 0) is 0 Å². The van der Waals surface area contributed by atoms with E-state index in [-0.39, 0.29) is 5.82 Å². The molecule has 22 heavy (non-hydrogen) atoms. The summed E-state index contributed by atoms with van der Waals surface area (Å²) in [5.74, 6) is 1.17. The lowest BCUT2D eigenvalue weighted by molar-refractivity contribution is 0.257. The van der Waals surface area contributed by atoms with Crippen molar-refractivity contribution in [3.8, 4) is 0 Å². The van der Waals surface area contributed by atoms with E-state index in [1.807, 2.05) is 6.07 Å². The minimum Gasteiger partial charge on any atom is -0.399 e. The highest BCUT2D eigenvalue weighted by Gasteiger charge is 2.45. The molecule has 0 aliphatic heterocycles. The molecule has 2 aromatic rings. The molecule has 3 nitrogen and oxygen atoms in total. The van der Waals surface area contributed by atoms with Gasteiger partial charge in [0.25, 0.3) is 0 Å². The average Bonchev–Trinajstić information content (AvgIpc) is 3.26. The Labute approximate surface area is 130 Å². The number of anilines is 2. The van der Waals surface area contributed by atoms with Gasteiger partial charge in [-0.25, -0.2) is 9.37 Å². The number of aromatic nitrogens is 1. The molecule has 2 aliphatic rings. The van der Waals surface area contributed by atoms with Gasteiger partial charge in [-0.1, -0.05) is 6.42 Å². The van der Waals surface area contributed by atoms with E-state index >= 15 is 0 Å². The van der Waals surface area contributed by atoms with Gasteiger partial charge >= 0.3 is 0 Å². The Kier molecular flexibility index (Phi) is 3.21. The number of hydrogen-bond acceptors (Lipinski definition) is 3. The first-order chi connectivity index (χ1) is 10.7. The fourth-order valence-corrected chi connectivity index (χ4v) is 4.00. The summed E-state index contributed by atoms with van der Waals surface area (Å²) >= 11 is 0. The molecular weight excluding hydrogens is 277 g/mol. The number of halogens is 1. The summed E-state index contributed by atoms with van der Waals surface area (Å²) in [4.78, 5) is 4.25. The second kappa shape index (κ2) is 5.11. The van der Waals surface area contributed by atoms with Crippen molar-refractivity contribution in [1.29, 1.82) is 0 Å². The van der Waals surface area contributed by atoms with Crippen molar-refractivity contribution in [2.75, 3.05) is 17.6 Å². The Morgan fingerprint density at radius 3 is 2.95 bits per heavy atom. The van der Waals surface area contributed by atoms with Gasteiger partial charge in [0.2, 0.25) is 0 Å². The zero-order chi connectivity index (χ0) is 15.2. The highest BCUT2D eigenvalue weighted by Crippen LogP contribution is 2.57. The molecule has 1 spiro atoms. The summed E-state index contributed by atoms with van der Waals surface area (Å²) in [6.45, 7) is 0.930. The van der Waals surface area contributed by atoms with Crippen LogP contribution in [0.25, 0.3) is 10.8 Å². The Morgan fingerprint density at radius 2 is 2.14 bits per heavy atom. The quantitative estimate of drug-likeness (QED) is 0.829. The van der Waals surface area contributed by atoms with Crippen LogP contribution >= 0.6 is 0 Å². The fraction of sp³-hybridized carbons (Fsp3) is 0.500. The van der Waals surface area contributed by atoms with Crippen LogP contribution in [0.4, 0.5) is 15.9 Å². The fourth-order valence-electron chi connectivity index (χ4n) is 4.00. The third kappa shape index (κ3) is 2.51. The van der Waals surface area contributed by atoms with E-state index < -0.39 is 0 Å². The van der Waals surface area contributed by atoms with E-state index in [0.717, 1.165) is 17.7 Å². The van der Waals surface area contributed by atoms with Crippen LogP contribution < -0.4 is 11.1 Å². The first-order valence-corrected chi connectivity index (χ1v) is 8.23. The van der Waals surface area contributed by atoms with Crippen molar-refractivity contribution in [2.45, 2.75) is 38.5 Å². The van der Waals surface area contributed by atoms with E-state index in [9.17, 15) is 4.39 Å². The van der Waals surface area contributed by atoms with E-state index in [1.165, 1.54) is 44.7 Å². The molecule has 1 heterocycles. The standard InChI is InChI=1S/C18H22FN3/c19-16-11-22-17(14-4-3-13(20)8-15(14)16)21-10-12-2-1-5-18(9-12)6-7-18/h3-4,8,11-12H,1-2,5-7,9-10,20H2,(H,21,22). The molecule has 4 heteroatoms. The molecule has 0 amide bonds. The summed E-state index contributed by atoms with van der Waals surface area (Å²) in [5, 5.41) is 4.80. The Morgan fingerprint density at radius 1 is 1.27 bits per heavy atom. The molecule has 2 fully saturated rings. The average molecular weight is 299 g/mol. The van der Waals surface area contributed by atoms with Gasteiger partial charge in [-0.2, -0.15) is 0 Å². The van der Waals surface area contributed by atoms with Crippen molar-refractivity contribution < 1.29 is 4.39 Å². The van der Waals surface area contributed by atoms with Gasteiger partial charge in [-0.15, -0.1) is 0 Å².